The van der Waals surface area contributed by atoms with Crippen LogP contribution in [0.15, 0.2) is 18.2 Å². The van der Waals surface area contributed by atoms with E-state index in [-0.39, 0.29) is 24.5 Å². The molecule has 1 aromatic rings. The van der Waals surface area contributed by atoms with Crippen molar-refractivity contribution in [1.29, 1.82) is 0 Å². The number of rotatable bonds is 5. The van der Waals surface area contributed by atoms with E-state index in [4.69, 9.17) is 33.7 Å². The van der Waals surface area contributed by atoms with Crippen LogP contribution in [0.25, 0.3) is 0 Å². The van der Waals surface area contributed by atoms with Gasteiger partial charge in [0.25, 0.3) is 5.91 Å². The Morgan fingerprint density at radius 1 is 1.35 bits per heavy atom. The lowest BCUT2D eigenvalue weighted by Crippen LogP contribution is -2.41. The topological polar surface area (TPSA) is 84.7 Å². The lowest BCUT2D eigenvalue weighted by molar-refractivity contribution is -0.143. The van der Waals surface area contributed by atoms with E-state index < -0.39 is 6.10 Å². The highest BCUT2D eigenvalue weighted by molar-refractivity contribution is 6.42. The largest absolute Gasteiger partial charge is 0.364 e. The summed E-state index contributed by atoms with van der Waals surface area (Å²) in [6.45, 7) is 0.317. The maximum Gasteiger partial charge on any atom is 0.251 e. The first-order valence-electron chi connectivity index (χ1n) is 7.26. The van der Waals surface area contributed by atoms with Gasteiger partial charge in [0, 0.05) is 19.3 Å². The second kappa shape index (κ2) is 7.97. The zero-order valence-corrected chi connectivity index (χ0v) is 14.2. The van der Waals surface area contributed by atoms with Crippen LogP contribution in [0.3, 0.4) is 0 Å². The molecule has 1 heterocycles. The zero-order valence-electron chi connectivity index (χ0n) is 12.7. The smallest absolute Gasteiger partial charge is 0.251 e. The van der Waals surface area contributed by atoms with Crippen molar-refractivity contribution in [2.45, 2.75) is 25.0 Å². The summed E-state index contributed by atoms with van der Waals surface area (Å²) in [7, 11) is 1.57. The number of carbonyl (C=O) groups excluding carboxylic acids is 2. The van der Waals surface area contributed by atoms with Crippen molar-refractivity contribution in [3.8, 4) is 0 Å². The lowest BCUT2D eigenvalue weighted by Gasteiger charge is -2.21. The van der Waals surface area contributed by atoms with E-state index in [1.165, 1.54) is 4.90 Å². The predicted molar refractivity (Wildman–Crippen MR) is 89.7 cm³/mol. The van der Waals surface area contributed by atoms with Crippen molar-refractivity contribution in [2.24, 2.45) is 5.73 Å². The number of benzene rings is 1. The van der Waals surface area contributed by atoms with Gasteiger partial charge in [0.1, 0.15) is 6.10 Å². The van der Waals surface area contributed by atoms with Crippen molar-refractivity contribution in [3.63, 3.8) is 0 Å². The summed E-state index contributed by atoms with van der Waals surface area (Å²) >= 11 is 11.7. The van der Waals surface area contributed by atoms with Crippen LogP contribution in [-0.2, 0) is 14.3 Å². The van der Waals surface area contributed by atoms with Gasteiger partial charge in [-0.1, -0.05) is 23.2 Å². The van der Waals surface area contributed by atoms with E-state index in [9.17, 15) is 9.59 Å². The summed E-state index contributed by atoms with van der Waals surface area (Å²) in [5.74, 6) is -0.544. The summed E-state index contributed by atoms with van der Waals surface area (Å²) in [5.41, 5.74) is 6.05. The Balaban J connectivity index is 1.86. The first-order valence-corrected chi connectivity index (χ1v) is 8.01. The Morgan fingerprint density at radius 2 is 2.09 bits per heavy atom. The number of nitrogens with one attached hydrogen (secondary N) is 1. The summed E-state index contributed by atoms with van der Waals surface area (Å²) < 4.78 is 5.54. The number of hydrogen-bond acceptors (Lipinski definition) is 4. The third-order valence-corrected chi connectivity index (χ3v) is 4.35. The normalized spacial score (nSPS) is 20.3. The number of amides is 2. The van der Waals surface area contributed by atoms with Crippen molar-refractivity contribution in [3.05, 3.63) is 28.2 Å². The quantitative estimate of drug-likeness (QED) is 0.840. The number of halogens is 2. The molecule has 1 saturated heterocycles. The number of anilines is 1. The van der Waals surface area contributed by atoms with E-state index in [0.717, 1.165) is 6.42 Å². The van der Waals surface area contributed by atoms with Gasteiger partial charge in [0.2, 0.25) is 5.91 Å². The average molecular weight is 360 g/mol. The van der Waals surface area contributed by atoms with Gasteiger partial charge in [-0.05, 0) is 31.0 Å². The second-order valence-electron chi connectivity index (χ2n) is 5.43. The van der Waals surface area contributed by atoms with Crippen molar-refractivity contribution >= 4 is 40.7 Å². The summed E-state index contributed by atoms with van der Waals surface area (Å²) in [6, 6.07) is 4.78. The van der Waals surface area contributed by atoms with Gasteiger partial charge in [-0.3, -0.25) is 9.59 Å². The van der Waals surface area contributed by atoms with Crippen LogP contribution in [0.5, 0.6) is 0 Å². The molecule has 3 N–H and O–H groups in total. The fraction of sp³-hybridized carbons (Fsp3) is 0.467. The molecule has 0 aromatic heterocycles. The first-order chi connectivity index (χ1) is 10.9. The van der Waals surface area contributed by atoms with Crippen LogP contribution in [0.1, 0.15) is 12.8 Å². The van der Waals surface area contributed by atoms with Gasteiger partial charge < -0.3 is 20.7 Å². The second-order valence-corrected chi connectivity index (χ2v) is 6.25. The monoisotopic (exact) mass is 359 g/mol. The van der Waals surface area contributed by atoms with Gasteiger partial charge in [-0.15, -0.1) is 0 Å². The van der Waals surface area contributed by atoms with Gasteiger partial charge in [-0.25, -0.2) is 0 Å². The van der Waals surface area contributed by atoms with E-state index in [1.54, 1.807) is 25.2 Å². The molecule has 8 heteroatoms. The molecule has 2 atom stereocenters. The molecule has 6 nitrogen and oxygen atoms in total. The van der Waals surface area contributed by atoms with Crippen LogP contribution in [-0.4, -0.2) is 49.1 Å². The van der Waals surface area contributed by atoms with Crippen molar-refractivity contribution in [1.82, 2.24) is 4.90 Å². The molecule has 1 fully saturated rings. The maximum atomic E-state index is 12.2. The maximum absolute atomic E-state index is 12.2. The lowest BCUT2D eigenvalue weighted by atomic mass is 10.2. The molecule has 0 radical (unpaired) electrons. The molecule has 1 aliphatic heterocycles. The van der Waals surface area contributed by atoms with Gasteiger partial charge >= 0.3 is 0 Å². The fourth-order valence-corrected chi connectivity index (χ4v) is 2.67. The predicted octanol–water partition coefficient (Wildman–Crippen LogP) is 1.90. The highest BCUT2D eigenvalue weighted by atomic mass is 35.5. The number of carbonyl (C=O) groups is 2. The molecule has 0 saturated carbocycles. The Hall–Kier alpha value is -1.34. The highest BCUT2D eigenvalue weighted by Crippen LogP contribution is 2.25. The minimum absolute atomic E-state index is 0.0772. The van der Waals surface area contributed by atoms with Gasteiger partial charge in [0.15, 0.2) is 0 Å². The highest BCUT2D eigenvalue weighted by Gasteiger charge is 2.32. The first kappa shape index (κ1) is 18.0. The van der Waals surface area contributed by atoms with Crippen LogP contribution in [0, 0.1) is 0 Å². The molecular weight excluding hydrogens is 341 g/mol. The summed E-state index contributed by atoms with van der Waals surface area (Å²) in [6.07, 6.45) is 0.782. The van der Waals surface area contributed by atoms with E-state index in [2.05, 4.69) is 5.32 Å². The van der Waals surface area contributed by atoms with Crippen LogP contribution in [0.4, 0.5) is 5.69 Å². The number of likely N-dealkylation sites (N-methyl/N-ethyl adjacent to an activating group) is 1. The molecular formula is C15H19Cl2N3O3. The number of ether oxygens (including phenoxy) is 1. The molecule has 0 aliphatic carbocycles. The van der Waals surface area contributed by atoms with Crippen LogP contribution < -0.4 is 11.1 Å². The number of hydrogen-bond donors (Lipinski definition) is 2. The summed E-state index contributed by atoms with van der Waals surface area (Å²) in [5, 5.41) is 3.42. The zero-order chi connectivity index (χ0) is 17.0. The third kappa shape index (κ3) is 4.81. The van der Waals surface area contributed by atoms with Gasteiger partial charge in [-0.2, -0.15) is 0 Å². The molecule has 2 rings (SSSR count). The van der Waals surface area contributed by atoms with Crippen LogP contribution >= 0.6 is 23.2 Å². The molecule has 0 unspecified atom stereocenters. The Morgan fingerprint density at radius 3 is 2.70 bits per heavy atom. The molecule has 0 spiro atoms. The van der Waals surface area contributed by atoms with Crippen molar-refractivity contribution < 1.29 is 14.3 Å². The Bertz CT molecular complexity index is 597. The fourth-order valence-electron chi connectivity index (χ4n) is 2.37. The summed E-state index contributed by atoms with van der Waals surface area (Å²) in [4.78, 5) is 25.6. The molecule has 0 bridgehead atoms. The number of nitrogens with two attached hydrogens (primary N) is 1. The third-order valence-electron chi connectivity index (χ3n) is 3.61. The van der Waals surface area contributed by atoms with Gasteiger partial charge in [0.05, 0.1) is 22.7 Å². The number of nitrogens with zero attached hydrogens (tertiary/aromatic N) is 1. The molecule has 23 heavy (non-hydrogen) atoms. The Labute approximate surface area is 144 Å². The van der Waals surface area contributed by atoms with E-state index >= 15 is 0 Å². The Kier molecular flexibility index (Phi) is 6.24. The standard InChI is InChI=1S/C15H19Cl2N3O3/c1-20(15(22)13-5-3-10(7-18)23-13)8-14(21)19-9-2-4-11(16)12(17)6-9/h2,4,6,10,13H,3,5,7-8,18H2,1H3,(H,19,21)/t10-,13+/m1/s1. The minimum atomic E-state index is -0.522. The van der Waals surface area contributed by atoms with Crippen molar-refractivity contribution in [2.75, 3.05) is 25.5 Å². The minimum Gasteiger partial charge on any atom is -0.364 e. The molecule has 1 aromatic carbocycles. The average Bonchev–Trinajstić information content (AvgIpc) is 2.99. The van der Waals surface area contributed by atoms with E-state index in [1.807, 2.05) is 0 Å². The molecule has 126 valence electrons. The van der Waals surface area contributed by atoms with Crippen LogP contribution in [0.2, 0.25) is 10.0 Å². The van der Waals surface area contributed by atoms with E-state index in [0.29, 0.717) is 28.7 Å². The SMILES string of the molecule is CN(CC(=O)Nc1ccc(Cl)c(Cl)c1)C(=O)[C@@H]1CC[C@H](CN)O1. The molecule has 1 aliphatic rings. The molecule has 2 amide bonds.